The molecule has 1 aliphatic rings. The molecular weight excluding hydrogens is 300 g/mol. The fraction of sp³-hybridized carbons (Fsp3) is 0.333. The van der Waals surface area contributed by atoms with Crippen molar-refractivity contribution in [2.24, 2.45) is 0 Å². The van der Waals surface area contributed by atoms with Gasteiger partial charge in [0.05, 0.1) is 0 Å². The summed E-state index contributed by atoms with van der Waals surface area (Å²) in [5, 5.41) is 0. The maximum Gasteiger partial charge on any atom is 0.156 e. The maximum absolute atomic E-state index is 4.78. The van der Waals surface area contributed by atoms with Crippen LogP contribution in [0.15, 0.2) is 36.7 Å². The minimum absolute atomic E-state index is 0.321. The fourth-order valence-electron chi connectivity index (χ4n) is 3.16. The number of rotatable bonds is 3. The third-order valence-electron chi connectivity index (χ3n) is 4.34. The summed E-state index contributed by atoms with van der Waals surface area (Å²) in [5.41, 5.74) is 2.87. The highest BCUT2D eigenvalue weighted by molar-refractivity contribution is 5.50. The van der Waals surface area contributed by atoms with E-state index < -0.39 is 0 Å². The number of imidazole rings is 1. The molecule has 122 valence electrons. The lowest BCUT2D eigenvalue weighted by atomic mass is 10.1. The van der Waals surface area contributed by atoms with Crippen molar-refractivity contribution in [2.75, 3.05) is 18.0 Å². The highest BCUT2D eigenvalue weighted by Crippen LogP contribution is 2.29. The van der Waals surface area contributed by atoms with Gasteiger partial charge in [-0.3, -0.25) is 0 Å². The minimum atomic E-state index is 0.321. The number of aromatic nitrogens is 5. The highest BCUT2D eigenvalue weighted by atomic mass is 15.2. The van der Waals surface area contributed by atoms with Crippen LogP contribution in [-0.4, -0.2) is 38.0 Å². The zero-order valence-electron chi connectivity index (χ0n) is 13.9. The number of nitrogens with zero attached hydrogens (tertiary/aromatic N) is 5. The van der Waals surface area contributed by atoms with E-state index in [0.717, 1.165) is 54.1 Å². The van der Waals surface area contributed by atoms with Crippen molar-refractivity contribution in [1.29, 1.82) is 0 Å². The Morgan fingerprint density at radius 3 is 2.83 bits per heavy atom. The summed E-state index contributed by atoms with van der Waals surface area (Å²) in [5.74, 6) is 3.05. The largest absolute Gasteiger partial charge is 0.356 e. The highest BCUT2D eigenvalue weighted by Gasteiger charge is 2.27. The second-order valence-electron chi connectivity index (χ2n) is 6.29. The van der Waals surface area contributed by atoms with E-state index in [1.807, 2.05) is 44.4 Å². The van der Waals surface area contributed by atoms with Gasteiger partial charge >= 0.3 is 0 Å². The van der Waals surface area contributed by atoms with Crippen LogP contribution in [0.1, 0.15) is 29.6 Å². The molecule has 0 spiro atoms. The Kier molecular flexibility index (Phi) is 3.72. The van der Waals surface area contributed by atoms with Crippen LogP contribution >= 0.6 is 0 Å². The first-order chi connectivity index (χ1) is 11.7. The summed E-state index contributed by atoms with van der Waals surface area (Å²) in [7, 11) is 0. The van der Waals surface area contributed by atoms with Gasteiger partial charge < -0.3 is 9.88 Å². The van der Waals surface area contributed by atoms with E-state index in [0.29, 0.717) is 5.92 Å². The second-order valence-corrected chi connectivity index (χ2v) is 6.29. The molecule has 4 rings (SSSR count). The molecule has 1 aliphatic heterocycles. The summed E-state index contributed by atoms with van der Waals surface area (Å²) in [6, 6.07) is 8.00. The van der Waals surface area contributed by atoms with Gasteiger partial charge in [0.15, 0.2) is 5.82 Å². The number of hydrogen-bond donors (Lipinski definition) is 1. The van der Waals surface area contributed by atoms with Gasteiger partial charge in [0.25, 0.3) is 0 Å². The fourth-order valence-corrected chi connectivity index (χ4v) is 3.16. The normalized spacial score (nSPS) is 17.4. The van der Waals surface area contributed by atoms with E-state index >= 15 is 0 Å². The van der Waals surface area contributed by atoms with E-state index in [1.54, 1.807) is 0 Å². The standard InChI is InChI=1S/C18H20N6/c1-12-9-15(18-20-10-13(2)22-18)23-17(21-12)14-6-8-24(11-14)16-5-3-4-7-19-16/h3-5,7,9-10,14H,6,8,11H2,1-2H3,(H,20,22). The van der Waals surface area contributed by atoms with Gasteiger partial charge in [0, 0.05) is 42.8 Å². The molecule has 0 radical (unpaired) electrons. The quantitative estimate of drug-likeness (QED) is 0.803. The maximum atomic E-state index is 4.78. The number of anilines is 1. The summed E-state index contributed by atoms with van der Waals surface area (Å²) in [6.45, 7) is 5.88. The molecule has 1 fully saturated rings. The molecule has 4 heterocycles. The van der Waals surface area contributed by atoms with Crippen LogP contribution in [0.2, 0.25) is 0 Å². The Bertz CT molecular complexity index is 842. The number of nitrogens with one attached hydrogen (secondary N) is 1. The van der Waals surface area contributed by atoms with Crippen molar-refractivity contribution >= 4 is 5.82 Å². The molecule has 1 N–H and O–H groups in total. The van der Waals surface area contributed by atoms with E-state index in [-0.39, 0.29) is 0 Å². The van der Waals surface area contributed by atoms with Crippen molar-refractivity contribution in [1.82, 2.24) is 24.9 Å². The van der Waals surface area contributed by atoms with E-state index in [4.69, 9.17) is 4.98 Å². The van der Waals surface area contributed by atoms with Gasteiger partial charge in [0.1, 0.15) is 17.3 Å². The molecule has 3 aromatic rings. The topological polar surface area (TPSA) is 70.6 Å². The van der Waals surface area contributed by atoms with Gasteiger partial charge in [-0.2, -0.15) is 0 Å². The van der Waals surface area contributed by atoms with Crippen LogP contribution in [0.3, 0.4) is 0 Å². The van der Waals surface area contributed by atoms with E-state index in [9.17, 15) is 0 Å². The van der Waals surface area contributed by atoms with Gasteiger partial charge in [-0.15, -0.1) is 0 Å². The van der Waals surface area contributed by atoms with Crippen molar-refractivity contribution in [3.63, 3.8) is 0 Å². The summed E-state index contributed by atoms with van der Waals surface area (Å²) < 4.78 is 0. The first kappa shape index (κ1) is 14.8. The van der Waals surface area contributed by atoms with Crippen molar-refractivity contribution in [3.8, 4) is 11.5 Å². The van der Waals surface area contributed by atoms with Gasteiger partial charge in [-0.05, 0) is 38.5 Å². The molecule has 1 atom stereocenters. The molecule has 0 amide bonds. The molecule has 0 aromatic carbocycles. The lowest BCUT2D eigenvalue weighted by molar-refractivity contribution is 0.704. The predicted molar refractivity (Wildman–Crippen MR) is 92.9 cm³/mol. The Morgan fingerprint density at radius 1 is 1.17 bits per heavy atom. The number of hydrogen-bond acceptors (Lipinski definition) is 5. The summed E-state index contributed by atoms with van der Waals surface area (Å²) >= 11 is 0. The first-order valence-corrected chi connectivity index (χ1v) is 8.22. The molecule has 1 unspecified atom stereocenters. The number of pyridine rings is 1. The summed E-state index contributed by atoms with van der Waals surface area (Å²) in [4.78, 5) is 23.8. The van der Waals surface area contributed by atoms with Crippen LogP contribution < -0.4 is 4.90 Å². The van der Waals surface area contributed by atoms with Crippen LogP contribution in [0.5, 0.6) is 0 Å². The average Bonchev–Trinajstić information content (AvgIpc) is 3.24. The van der Waals surface area contributed by atoms with Crippen LogP contribution in [0.25, 0.3) is 11.5 Å². The van der Waals surface area contributed by atoms with Gasteiger partial charge in [-0.25, -0.2) is 19.9 Å². The van der Waals surface area contributed by atoms with E-state index in [2.05, 4.69) is 30.9 Å². The predicted octanol–water partition coefficient (Wildman–Crippen LogP) is 2.87. The first-order valence-electron chi connectivity index (χ1n) is 8.22. The van der Waals surface area contributed by atoms with Crippen molar-refractivity contribution in [3.05, 3.63) is 53.9 Å². The average molecular weight is 320 g/mol. The zero-order chi connectivity index (χ0) is 16.5. The Balaban J connectivity index is 1.60. The third-order valence-corrected chi connectivity index (χ3v) is 4.34. The molecule has 0 aliphatic carbocycles. The van der Waals surface area contributed by atoms with Gasteiger partial charge in [0.2, 0.25) is 0 Å². The Hall–Kier alpha value is -2.76. The SMILES string of the molecule is Cc1cc(-c2ncc(C)[nH]2)nc(C2CCN(c3ccccn3)C2)n1. The second kappa shape index (κ2) is 6.03. The molecule has 6 nitrogen and oxygen atoms in total. The number of H-pyrrole nitrogens is 1. The van der Waals surface area contributed by atoms with E-state index in [1.165, 1.54) is 0 Å². The Morgan fingerprint density at radius 2 is 2.08 bits per heavy atom. The summed E-state index contributed by atoms with van der Waals surface area (Å²) in [6.07, 6.45) is 4.70. The zero-order valence-corrected chi connectivity index (χ0v) is 13.9. The lowest BCUT2D eigenvalue weighted by Gasteiger charge is -2.17. The minimum Gasteiger partial charge on any atom is -0.356 e. The van der Waals surface area contributed by atoms with Crippen LogP contribution in [-0.2, 0) is 0 Å². The number of aromatic amines is 1. The molecule has 6 heteroatoms. The molecule has 1 saturated heterocycles. The smallest absolute Gasteiger partial charge is 0.156 e. The van der Waals surface area contributed by atoms with Crippen molar-refractivity contribution in [2.45, 2.75) is 26.2 Å². The lowest BCUT2D eigenvalue weighted by Crippen LogP contribution is -2.20. The Labute approximate surface area is 141 Å². The molecule has 0 bridgehead atoms. The molecule has 24 heavy (non-hydrogen) atoms. The van der Waals surface area contributed by atoms with Crippen LogP contribution in [0.4, 0.5) is 5.82 Å². The molecule has 3 aromatic heterocycles. The third kappa shape index (κ3) is 2.87. The molecule has 0 saturated carbocycles. The number of aryl methyl sites for hydroxylation is 2. The molecular formula is C18H20N6. The van der Waals surface area contributed by atoms with Crippen molar-refractivity contribution < 1.29 is 0 Å². The van der Waals surface area contributed by atoms with Crippen LogP contribution in [0, 0.1) is 13.8 Å². The monoisotopic (exact) mass is 320 g/mol. The van der Waals surface area contributed by atoms with Gasteiger partial charge in [-0.1, -0.05) is 6.07 Å².